The van der Waals surface area contributed by atoms with Crippen LogP contribution in [0.1, 0.15) is 17.5 Å². The van der Waals surface area contributed by atoms with E-state index in [0.717, 1.165) is 11.1 Å². The molecule has 2 aromatic rings. The monoisotopic (exact) mass is 327 g/mol. The fourth-order valence-corrected chi connectivity index (χ4v) is 2.70. The lowest BCUT2D eigenvalue weighted by atomic mass is 9.98. The van der Waals surface area contributed by atoms with Crippen LogP contribution in [0.25, 0.3) is 5.57 Å². The standard InChI is InChI=1S/C19H18FNO3/c20-16-6-7-18(24-13-14-4-2-1-3-5-14)17(12-16)15-8-10-21(11-9-15)19(22)23/h1-8,12H,9-11,13H2,(H,22,23). The van der Waals surface area contributed by atoms with Gasteiger partial charge in [-0.1, -0.05) is 36.4 Å². The average Bonchev–Trinajstić information content (AvgIpc) is 2.61. The molecule has 1 aliphatic heterocycles. The number of rotatable bonds is 4. The molecule has 0 spiro atoms. The number of carboxylic acid groups (broad SMARTS) is 1. The van der Waals surface area contributed by atoms with Crippen LogP contribution >= 0.6 is 0 Å². The van der Waals surface area contributed by atoms with E-state index in [1.807, 2.05) is 36.4 Å². The molecule has 24 heavy (non-hydrogen) atoms. The van der Waals surface area contributed by atoms with Crippen LogP contribution in [-0.2, 0) is 6.61 Å². The molecule has 1 N–H and O–H groups in total. The summed E-state index contributed by atoms with van der Waals surface area (Å²) in [6.07, 6.45) is 1.42. The van der Waals surface area contributed by atoms with Crippen molar-refractivity contribution in [2.24, 2.45) is 0 Å². The van der Waals surface area contributed by atoms with Gasteiger partial charge in [0.15, 0.2) is 0 Å². The van der Waals surface area contributed by atoms with Crippen molar-refractivity contribution in [1.82, 2.24) is 4.90 Å². The van der Waals surface area contributed by atoms with Gasteiger partial charge in [-0.2, -0.15) is 0 Å². The molecule has 5 heteroatoms. The Morgan fingerprint density at radius 3 is 2.67 bits per heavy atom. The quantitative estimate of drug-likeness (QED) is 0.917. The van der Waals surface area contributed by atoms with Crippen LogP contribution in [0.5, 0.6) is 5.75 Å². The first-order valence-corrected chi connectivity index (χ1v) is 7.77. The molecule has 2 aromatic carbocycles. The van der Waals surface area contributed by atoms with Gasteiger partial charge in [-0.3, -0.25) is 0 Å². The van der Waals surface area contributed by atoms with E-state index in [9.17, 15) is 9.18 Å². The highest BCUT2D eigenvalue weighted by molar-refractivity contribution is 5.74. The molecule has 0 saturated heterocycles. The maximum Gasteiger partial charge on any atom is 0.407 e. The SMILES string of the molecule is O=C(O)N1CC=C(c2cc(F)ccc2OCc2ccccc2)CC1. The minimum absolute atomic E-state index is 0.305. The molecular weight excluding hydrogens is 309 g/mol. The summed E-state index contributed by atoms with van der Waals surface area (Å²) in [6, 6.07) is 14.2. The fraction of sp³-hybridized carbons (Fsp3) is 0.211. The van der Waals surface area contributed by atoms with Crippen LogP contribution in [0, 0.1) is 5.82 Å². The highest BCUT2D eigenvalue weighted by atomic mass is 19.1. The van der Waals surface area contributed by atoms with Gasteiger partial charge in [0, 0.05) is 18.7 Å². The summed E-state index contributed by atoms with van der Waals surface area (Å²) in [5, 5.41) is 9.02. The molecule has 1 amide bonds. The van der Waals surface area contributed by atoms with Crippen LogP contribution in [0.4, 0.5) is 9.18 Å². The van der Waals surface area contributed by atoms with E-state index in [2.05, 4.69) is 0 Å². The van der Waals surface area contributed by atoms with Gasteiger partial charge in [-0.25, -0.2) is 9.18 Å². The largest absolute Gasteiger partial charge is 0.488 e. The molecule has 0 saturated carbocycles. The van der Waals surface area contributed by atoms with E-state index in [1.54, 1.807) is 6.07 Å². The molecule has 0 bridgehead atoms. The summed E-state index contributed by atoms with van der Waals surface area (Å²) in [5.41, 5.74) is 2.63. The Labute approximate surface area is 139 Å². The van der Waals surface area contributed by atoms with Crippen LogP contribution in [0.3, 0.4) is 0 Å². The van der Waals surface area contributed by atoms with E-state index in [4.69, 9.17) is 9.84 Å². The van der Waals surface area contributed by atoms with Crippen molar-refractivity contribution in [3.63, 3.8) is 0 Å². The maximum absolute atomic E-state index is 13.7. The van der Waals surface area contributed by atoms with Crippen LogP contribution < -0.4 is 4.74 Å². The Morgan fingerprint density at radius 1 is 1.21 bits per heavy atom. The first-order chi connectivity index (χ1) is 11.6. The summed E-state index contributed by atoms with van der Waals surface area (Å²) in [6.45, 7) is 1.10. The smallest absolute Gasteiger partial charge is 0.407 e. The average molecular weight is 327 g/mol. The van der Waals surface area contributed by atoms with Crippen molar-refractivity contribution >= 4 is 11.7 Å². The van der Waals surface area contributed by atoms with Gasteiger partial charge < -0.3 is 14.7 Å². The van der Waals surface area contributed by atoms with Crippen molar-refractivity contribution in [2.45, 2.75) is 13.0 Å². The van der Waals surface area contributed by atoms with E-state index in [1.165, 1.54) is 17.0 Å². The first-order valence-electron chi connectivity index (χ1n) is 7.77. The lowest BCUT2D eigenvalue weighted by molar-refractivity contribution is 0.150. The fourth-order valence-electron chi connectivity index (χ4n) is 2.70. The van der Waals surface area contributed by atoms with Crippen LogP contribution in [-0.4, -0.2) is 29.2 Å². The molecule has 0 atom stereocenters. The second-order valence-corrected chi connectivity index (χ2v) is 5.62. The van der Waals surface area contributed by atoms with Gasteiger partial charge in [0.1, 0.15) is 18.2 Å². The van der Waals surface area contributed by atoms with E-state index in [0.29, 0.717) is 37.4 Å². The van der Waals surface area contributed by atoms with Crippen molar-refractivity contribution in [2.75, 3.05) is 13.1 Å². The number of amides is 1. The molecule has 0 unspecified atom stereocenters. The molecular formula is C19H18FNO3. The van der Waals surface area contributed by atoms with E-state index < -0.39 is 6.09 Å². The molecule has 124 valence electrons. The van der Waals surface area contributed by atoms with Crippen molar-refractivity contribution in [3.8, 4) is 5.75 Å². The molecule has 1 heterocycles. The third-order valence-electron chi connectivity index (χ3n) is 4.00. The lowest BCUT2D eigenvalue weighted by Gasteiger charge is -2.24. The number of carbonyl (C=O) groups is 1. The maximum atomic E-state index is 13.7. The Morgan fingerprint density at radius 2 is 2.00 bits per heavy atom. The van der Waals surface area contributed by atoms with Gasteiger partial charge in [-0.15, -0.1) is 0 Å². The van der Waals surface area contributed by atoms with Crippen molar-refractivity contribution in [3.05, 3.63) is 71.6 Å². The minimum atomic E-state index is -0.940. The zero-order valence-electron chi connectivity index (χ0n) is 13.1. The minimum Gasteiger partial charge on any atom is -0.488 e. The predicted octanol–water partition coefficient (Wildman–Crippen LogP) is 4.17. The van der Waals surface area contributed by atoms with Crippen LogP contribution in [0.15, 0.2) is 54.6 Å². The first kappa shape index (κ1) is 16.1. The lowest BCUT2D eigenvalue weighted by Crippen LogP contribution is -2.33. The Bertz CT molecular complexity index is 758. The van der Waals surface area contributed by atoms with Gasteiger partial charge in [0.05, 0.1) is 0 Å². The van der Waals surface area contributed by atoms with Gasteiger partial charge in [0.2, 0.25) is 0 Å². The van der Waals surface area contributed by atoms with Gasteiger partial charge in [-0.05, 0) is 35.8 Å². The summed E-state index contributed by atoms with van der Waals surface area (Å²) in [7, 11) is 0. The summed E-state index contributed by atoms with van der Waals surface area (Å²) in [4.78, 5) is 12.3. The molecule has 0 radical (unpaired) electrons. The Hall–Kier alpha value is -2.82. The molecule has 1 aliphatic rings. The van der Waals surface area contributed by atoms with Crippen LogP contribution in [0.2, 0.25) is 0 Å². The predicted molar refractivity (Wildman–Crippen MR) is 89.4 cm³/mol. The second kappa shape index (κ2) is 7.17. The number of halogens is 1. The topological polar surface area (TPSA) is 49.8 Å². The third kappa shape index (κ3) is 3.74. The highest BCUT2D eigenvalue weighted by Gasteiger charge is 2.19. The summed E-state index contributed by atoms with van der Waals surface area (Å²) in [5.74, 6) is 0.272. The van der Waals surface area contributed by atoms with E-state index >= 15 is 0 Å². The number of hydrogen-bond acceptors (Lipinski definition) is 2. The van der Waals surface area contributed by atoms with E-state index in [-0.39, 0.29) is 5.82 Å². The number of benzene rings is 2. The number of hydrogen-bond donors (Lipinski definition) is 1. The zero-order valence-corrected chi connectivity index (χ0v) is 13.1. The molecule has 0 fully saturated rings. The van der Waals surface area contributed by atoms with Crippen molar-refractivity contribution in [1.29, 1.82) is 0 Å². The number of nitrogens with zero attached hydrogens (tertiary/aromatic N) is 1. The van der Waals surface area contributed by atoms with Gasteiger partial charge >= 0.3 is 6.09 Å². The Balaban J connectivity index is 1.80. The zero-order chi connectivity index (χ0) is 16.9. The highest BCUT2D eigenvalue weighted by Crippen LogP contribution is 2.31. The molecule has 3 rings (SSSR count). The molecule has 0 aromatic heterocycles. The number of ether oxygens (including phenoxy) is 1. The normalized spacial score (nSPS) is 14.2. The second-order valence-electron chi connectivity index (χ2n) is 5.62. The third-order valence-corrected chi connectivity index (χ3v) is 4.00. The summed E-state index contributed by atoms with van der Waals surface area (Å²) < 4.78 is 19.6. The summed E-state index contributed by atoms with van der Waals surface area (Å²) >= 11 is 0. The van der Waals surface area contributed by atoms with Gasteiger partial charge in [0.25, 0.3) is 0 Å². The Kier molecular flexibility index (Phi) is 4.79. The molecule has 4 nitrogen and oxygen atoms in total. The van der Waals surface area contributed by atoms with Crippen molar-refractivity contribution < 1.29 is 19.0 Å². The molecule has 0 aliphatic carbocycles.